The molecule has 0 atom stereocenters. The SMILES string of the molecule is Cc1cccc(/C=C2\SC(=O)NC2=O)n1. The van der Waals surface area contributed by atoms with E-state index in [9.17, 15) is 9.59 Å². The summed E-state index contributed by atoms with van der Waals surface area (Å²) in [6.07, 6.45) is 1.61. The van der Waals surface area contributed by atoms with Gasteiger partial charge in [-0.1, -0.05) is 6.07 Å². The average molecular weight is 220 g/mol. The summed E-state index contributed by atoms with van der Waals surface area (Å²) in [6.45, 7) is 1.87. The maximum absolute atomic E-state index is 11.2. The molecule has 1 aliphatic rings. The number of pyridine rings is 1. The van der Waals surface area contributed by atoms with Crippen LogP contribution in [0.15, 0.2) is 23.1 Å². The van der Waals surface area contributed by atoms with Crippen LogP contribution in [0.4, 0.5) is 4.79 Å². The van der Waals surface area contributed by atoms with Gasteiger partial charge in [-0.2, -0.15) is 0 Å². The Bertz CT molecular complexity index is 468. The molecule has 4 nitrogen and oxygen atoms in total. The van der Waals surface area contributed by atoms with Crippen LogP contribution in [0.1, 0.15) is 11.4 Å². The van der Waals surface area contributed by atoms with Crippen molar-refractivity contribution in [1.29, 1.82) is 0 Å². The summed E-state index contributed by atoms with van der Waals surface area (Å²) >= 11 is 0.896. The summed E-state index contributed by atoms with van der Waals surface area (Å²) in [6, 6.07) is 5.51. The van der Waals surface area contributed by atoms with E-state index in [-0.39, 0.29) is 11.1 Å². The molecule has 0 aromatic carbocycles. The Balaban J connectivity index is 2.31. The number of amides is 2. The summed E-state index contributed by atoms with van der Waals surface area (Å²) < 4.78 is 0. The first kappa shape index (κ1) is 9.92. The Kier molecular flexibility index (Phi) is 2.55. The zero-order chi connectivity index (χ0) is 10.8. The highest BCUT2D eigenvalue weighted by molar-refractivity contribution is 8.18. The van der Waals surface area contributed by atoms with Gasteiger partial charge in [0.25, 0.3) is 11.1 Å². The van der Waals surface area contributed by atoms with Crippen molar-refractivity contribution < 1.29 is 9.59 Å². The fraction of sp³-hybridized carbons (Fsp3) is 0.100. The Hall–Kier alpha value is -1.62. The molecule has 1 aliphatic heterocycles. The number of hydrogen-bond donors (Lipinski definition) is 1. The van der Waals surface area contributed by atoms with Crippen LogP contribution in [0.2, 0.25) is 0 Å². The third-order valence-electron chi connectivity index (χ3n) is 1.83. The van der Waals surface area contributed by atoms with Gasteiger partial charge in [0.1, 0.15) is 0 Å². The Morgan fingerprint density at radius 2 is 2.20 bits per heavy atom. The molecule has 2 heterocycles. The molecule has 1 aromatic heterocycles. The summed E-state index contributed by atoms with van der Waals surface area (Å²) in [7, 11) is 0. The summed E-state index contributed by atoms with van der Waals surface area (Å²) in [4.78, 5) is 26.7. The molecule has 1 aromatic rings. The quantitative estimate of drug-likeness (QED) is 0.732. The largest absolute Gasteiger partial charge is 0.290 e. The Morgan fingerprint density at radius 1 is 1.40 bits per heavy atom. The highest BCUT2D eigenvalue weighted by atomic mass is 32.2. The van der Waals surface area contributed by atoms with Gasteiger partial charge in [0.05, 0.1) is 10.6 Å². The van der Waals surface area contributed by atoms with Gasteiger partial charge in [-0.05, 0) is 36.9 Å². The smallest absolute Gasteiger partial charge is 0.282 e. The first-order valence-electron chi connectivity index (χ1n) is 4.34. The first-order valence-corrected chi connectivity index (χ1v) is 5.15. The predicted octanol–water partition coefficient (Wildman–Crippen LogP) is 1.71. The Labute approximate surface area is 90.8 Å². The number of nitrogens with zero attached hydrogens (tertiary/aromatic N) is 1. The van der Waals surface area contributed by atoms with E-state index in [1.807, 2.05) is 19.1 Å². The van der Waals surface area contributed by atoms with E-state index >= 15 is 0 Å². The van der Waals surface area contributed by atoms with Crippen molar-refractivity contribution in [1.82, 2.24) is 10.3 Å². The zero-order valence-corrected chi connectivity index (χ0v) is 8.80. The normalized spacial score (nSPS) is 18.3. The molecule has 1 saturated heterocycles. The molecule has 0 unspecified atom stereocenters. The summed E-state index contributed by atoms with van der Waals surface area (Å²) in [5.74, 6) is -0.353. The summed E-state index contributed by atoms with van der Waals surface area (Å²) in [5, 5.41) is 1.86. The average Bonchev–Trinajstić information content (AvgIpc) is 2.45. The van der Waals surface area contributed by atoms with Crippen molar-refractivity contribution in [3.8, 4) is 0 Å². The van der Waals surface area contributed by atoms with Gasteiger partial charge < -0.3 is 0 Å². The molecule has 0 radical (unpaired) electrons. The second-order valence-electron chi connectivity index (χ2n) is 3.06. The monoisotopic (exact) mass is 220 g/mol. The molecule has 0 saturated carbocycles. The zero-order valence-electron chi connectivity index (χ0n) is 7.98. The predicted molar refractivity (Wildman–Crippen MR) is 58.1 cm³/mol. The number of aromatic nitrogens is 1. The van der Waals surface area contributed by atoms with E-state index < -0.39 is 0 Å². The number of rotatable bonds is 1. The number of aryl methyl sites for hydroxylation is 1. The van der Waals surface area contributed by atoms with Crippen LogP contribution in [-0.4, -0.2) is 16.1 Å². The molecule has 0 bridgehead atoms. The number of imide groups is 1. The van der Waals surface area contributed by atoms with Crippen LogP contribution in [0.5, 0.6) is 0 Å². The summed E-state index contributed by atoms with van der Waals surface area (Å²) in [5.41, 5.74) is 1.56. The first-order chi connectivity index (χ1) is 7.15. The minimum absolute atomic E-state index is 0.334. The van der Waals surface area contributed by atoms with Crippen LogP contribution in [-0.2, 0) is 4.79 Å². The number of hydrogen-bond acceptors (Lipinski definition) is 4. The van der Waals surface area contributed by atoms with Gasteiger partial charge >= 0.3 is 0 Å². The van der Waals surface area contributed by atoms with Crippen molar-refractivity contribution in [2.75, 3.05) is 0 Å². The Morgan fingerprint density at radius 3 is 2.80 bits per heavy atom. The third-order valence-corrected chi connectivity index (χ3v) is 2.64. The fourth-order valence-electron chi connectivity index (χ4n) is 1.20. The van der Waals surface area contributed by atoms with E-state index in [2.05, 4.69) is 10.3 Å². The van der Waals surface area contributed by atoms with Crippen molar-refractivity contribution >= 4 is 29.0 Å². The fourth-order valence-corrected chi connectivity index (χ4v) is 1.87. The molecule has 0 spiro atoms. The van der Waals surface area contributed by atoms with Gasteiger partial charge in [-0.3, -0.25) is 19.9 Å². The van der Waals surface area contributed by atoms with E-state index in [1.165, 1.54) is 0 Å². The molecular weight excluding hydrogens is 212 g/mol. The second kappa shape index (κ2) is 3.86. The number of nitrogens with one attached hydrogen (secondary N) is 1. The standard InChI is InChI=1S/C10H8N2O2S/c1-6-3-2-4-7(11-6)5-8-9(13)12-10(14)15-8/h2-5H,1H3,(H,12,13,14)/b8-5-. The molecule has 1 N–H and O–H groups in total. The maximum atomic E-state index is 11.2. The minimum atomic E-state index is -0.353. The van der Waals surface area contributed by atoms with Crippen LogP contribution < -0.4 is 5.32 Å². The molecule has 0 aliphatic carbocycles. The van der Waals surface area contributed by atoms with Gasteiger partial charge in [0.2, 0.25) is 0 Å². The van der Waals surface area contributed by atoms with Crippen molar-refractivity contribution in [2.45, 2.75) is 6.92 Å². The van der Waals surface area contributed by atoms with E-state index in [0.717, 1.165) is 17.5 Å². The lowest BCUT2D eigenvalue weighted by Crippen LogP contribution is -2.17. The molecule has 1 fully saturated rings. The van der Waals surface area contributed by atoms with E-state index in [0.29, 0.717) is 10.6 Å². The van der Waals surface area contributed by atoms with Crippen LogP contribution in [0.3, 0.4) is 0 Å². The number of thioether (sulfide) groups is 1. The lowest BCUT2D eigenvalue weighted by Gasteiger charge is -1.95. The van der Waals surface area contributed by atoms with Gasteiger partial charge in [0, 0.05) is 5.69 Å². The van der Waals surface area contributed by atoms with Crippen LogP contribution >= 0.6 is 11.8 Å². The second-order valence-corrected chi connectivity index (χ2v) is 4.07. The molecule has 15 heavy (non-hydrogen) atoms. The lowest BCUT2D eigenvalue weighted by atomic mass is 10.3. The highest BCUT2D eigenvalue weighted by Crippen LogP contribution is 2.24. The minimum Gasteiger partial charge on any atom is -0.282 e. The molecule has 2 amide bonds. The van der Waals surface area contributed by atoms with Crippen LogP contribution in [0.25, 0.3) is 6.08 Å². The van der Waals surface area contributed by atoms with E-state index in [1.54, 1.807) is 12.1 Å². The van der Waals surface area contributed by atoms with Gasteiger partial charge in [-0.15, -0.1) is 0 Å². The topological polar surface area (TPSA) is 59.1 Å². The number of carbonyl (C=O) groups excluding carboxylic acids is 2. The van der Waals surface area contributed by atoms with Crippen molar-refractivity contribution in [2.24, 2.45) is 0 Å². The van der Waals surface area contributed by atoms with Crippen molar-refractivity contribution in [3.63, 3.8) is 0 Å². The van der Waals surface area contributed by atoms with Crippen molar-refractivity contribution in [3.05, 3.63) is 34.5 Å². The molecule has 2 rings (SSSR count). The number of carbonyl (C=O) groups is 2. The van der Waals surface area contributed by atoms with Gasteiger partial charge in [-0.25, -0.2) is 0 Å². The van der Waals surface area contributed by atoms with Gasteiger partial charge in [0.15, 0.2) is 0 Å². The molecule has 5 heteroatoms. The third kappa shape index (κ3) is 2.24. The van der Waals surface area contributed by atoms with E-state index in [4.69, 9.17) is 0 Å². The lowest BCUT2D eigenvalue weighted by molar-refractivity contribution is -0.115. The highest BCUT2D eigenvalue weighted by Gasteiger charge is 2.24. The molecule has 76 valence electrons. The maximum Gasteiger partial charge on any atom is 0.290 e. The van der Waals surface area contributed by atoms with Crippen LogP contribution in [0, 0.1) is 6.92 Å². The molecular formula is C10H8N2O2S.